The summed E-state index contributed by atoms with van der Waals surface area (Å²) in [5, 5.41) is 6.95. The van der Waals surface area contributed by atoms with Crippen molar-refractivity contribution in [3.8, 4) is 0 Å². The molecule has 19 heavy (non-hydrogen) atoms. The van der Waals surface area contributed by atoms with Crippen molar-refractivity contribution in [2.75, 3.05) is 24.1 Å². The van der Waals surface area contributed by atoms with Gasteiger partial charge in [0, 0.05) is 24.9 Å². The van der Waals surface area contributed by atoms with Crippen LogP contribution < -0.4 is 16.4 Å². The minimum atomic E-state index is 0.0342. The van der Waals surface area contributed by atoms with Gasteiger partial charge in [-0.3, -0.25) is 9.78 Å². The van der Waals surface area contributed by atoms with Gasteiger partial charge in [-0.1, -0.05) is 18.2 Å². The molecular weight excluding hydrogens is 240 g/mol. The van der Waals surface area contributed by atoms with Crippen molar-refractivity contribution in [2.45, 2.75) is 13.3 Å². The Kier molecular flexibility index (Phi) is 4.18. The number of aromatic nitrogens is 1. The molecule has 1 heterocycles. The number of amides is 1. The molecule has 0 aliphatic rings. The molecule has 0 radical (unpaired) electrons. The van der Waals surface area contributed by atoms with Crippen LogP contribution in [0.2, 0.25) is 0 Å². The van der Waals surface area contributed by atoms with Gasteiger partial charge in [0.2, 0.25) is 5.91 Å². The average Bonchev–Trinajstić information content (AvgIpc) is 2.41. The summed E-state index contributed by atoms with van der Waals surface area (Å²) in [6, 6.07) is 7.78. The molecule has 5 heteroatoms. The van der Waals surface area contributed by atoms with E-state index in [2.05, 4.69) is 15.6 Å². The Morgan fingerprint density at radius 1 is 1.37 bits per heavy atom. The second-order valence-corrected chi connectivity index (χ2v) is 4.24. The number of fused-ring (bicyclic) bond motifs is 1. The third kappa shape index (κ3) is 3.13. The van der Waals surface area contributed by atoms with Crippen molar-refractivity contribution in [1.29, 1.82) is 0 Å². The number of nitrogen functional groups attached to an aromatic ring is 1. The first kappa shape index (κ1) is 13.1. The molecule has 0 bridgehead atoms. The Hall–Kier alpha value is -2.30. The number of rotatable bonds is 5. The topological polar surface area (TPSA) is 80.0 Å². The summed E-state index contributed by atoms with van der Waals surface area (Å²) >= 11 is 0. The van der Waals surface area contributed by atoms with Gasteiger partial charge in [-0.2, -0.15) is 0 Å². The highest BCUT2D eigenvalue weighted by molar-refractivity contribution is 5.96. The smallest absolute Gasteiger partial charge is 0.221 e. The lowest BCUT2D eigenvalue weighted by Gasteiger charge is -2.11. The van der Waals surface area contributed by atoms with Gasteiger partial charge in [-0.05, 0) is 13.0 Å². The number of hydrogen-bond donors (Lipinski definition) is 3. The summed E-state index contributed by atoms with van der Waals surface area (Å²) in [6.45, 7) is 3.10. The second kappa shape index (κ2) is 6.04. The molecule has 100 valence electrons. The lowest BCUT2D eigenvalue weighted by molar-refractivity contribution is -0.120. The van der Waals surface area contributed by atoms with E-state index in [-0.39, 0.29) is 5.91 Å². The summed E-state index contributed by atoms with van der Waals surface area (Å²) < 4.78 is 0. The van der Waals surface area contributed by atoms with E-state index in [0.717, 1.165) is 16.6 Å². The molecule has 0 fully saturated rings. The van der Waals surface area contributed by atoms with Crippen LogP contribution in [0.3, 0.4) is 0 Å². The van der Waals surface area contributed by atoms with Crippen molar-refractivity contribution in [2.24, 2.45) is 0 Å². The Bertz CT molecular complexity index is 583. The zero-order valence-corrected chi connectivity index (χ0v) is 10.9. The van der Waals surface area contributed by atoms with Gasteiger partial charge in [0.15, 0.2) is 0 Å². The number of pyridine rings is 1. The van der Waals surface area contributed by atoms with Crippen molar-refractivity contribution >= 4 is 28.2 Å². The summed E-state index contributed by atoms with van der Waals surface area (Å²) in [4.78, 5) is 15.7. The highest BCUT2D eigenvalue weighted by atomic mass is 16.1. The molecule has 0 saturated carbocycles. The highest BCUT2D eigenvalue weighted by Gasteiger charge is 2.06. The van der Waals surface area contributed by atoms with Crippen LogP contribution in [0.4, 0.5) is 11.4 Å². The Labute approximate surface area is 112 Å². The first-order valence-corrected chi connectivity index (χ1v) is 6.36. The summed E-state index contributed by atoms with van der Waals surface area (Å²) in [5.74, 6) is 0.0342. The monoisotopic (exact) mass is 258 g/mol. The van der Waals surface area contributed by atoms with Gasteiger partial charge in [0.25, 0.3) is 0 Å². The zero-order valence-electron chi connectivity index (χ0n) is 10.9. The minimum absolute atomic E-state index is 0.0342. The highest BCUT2D eigenvalue weighted by Crippen LogP contribution is 2.27. The van der Waals surface area contributed by atoms with Gasteiger partial charge in [0.1, 0.15) is 0 Å². The molecule has 0 aliphatic heterocycles. The number of nitrogens with two attached hydrogens (primary N) is 1. The lowest BCUT2D eigenvalue weighted by atomic mass is 10.1. The molecule has 0 saturated heterocycles. The van der Waals surface area contributed by atoms with Crippen LogP contribution in [0, 0.1) is 0 Å². The summed E-state index contributed by atoms with van der Waals surface area (Å²) in [6.07, 6.45) is 2.06. The van der Waals surface area contributed by atoms with Gasteiger partial charge in [0.05, 0.1) is 23.1 Å². The molecule has 0 unspecified atom stereocenters. The van der Waals surface area contributed by atoms with E-state index < -0.39 is 0 Å². The number of anilines is 2. The fourth-order valence-corrected chi connectivity index (χ4v) is 1.94. The van der Waals surface area contributed by atoms with E-state index in [1.54, 1.807) is 6.20 Å². The number of benzene rings is 1. The van der Waals surface area contributed by atoms with Crippen LogP contribution in [0.1, 0.15) is 13.3 Å². The van der Waals surface area contributed by atoms with E-state index in [9.17, 15) is 4.79 Å². The number of nitrogens with one attached hydrogen (secondary N) is 2. The molecule has 2 aromatic rings. The van der Waals surface area contributed by atoms with E-state index in [1.807, 2.05) is 31.2 Å². The zero-order chi connectivity index (χ0) is 13.7. The molecule has 0 spiro atoms. The Morgan fingerprint density at radius 2 is 2.16 bits per heavy atom. The average molecular weight is 258 g/mol. The van der Waals surface area contributed by atoms with Crippen molar-refractivity contribution in [3.63, 3.8) is 0 Å². The SMILES string of the molecule is CCNC(=O)CCNc1c(N)cnc2ccccc12. The molecule has 0 atom stereocenters. The second-order valence-electron chi connectivity index (χ2n) is 4.24. The predicted molar refractivity (Wildman–Crippen MR) is 77.9 cm³/mol. The maximum absolute atomic E-state index is 11.4. The van der Waals surface area contributed by atoms with E-state index in [4.69, 9.17) is 5.73 Å². The van der Waals surface area contributed by atoms with Crippen LogP contribution in [-0.4, -0.2) is 24.0 Å². The van der Waals surface area contributed by atoms with E-state index in [1.165, 1.54) is 0 Å². The number of carbonyl (C=O) groups is 1. The molecule has 1 aromatic carbocycles. The first-order valence-electron chi connectivity index (χ1n) is 6.36. The van der Waals surface area contributed by atoms with E-state index >= 15 is 0 Å². The van der Waals surface area contributed by atoms with Crippen LogP contribution in [0.5, 0.6) is 0 Å². The van der Waals surface area contributed by atoms with Gasteiger partial charge in [-0.15, -0.1) is 0 Å². The Balaban J connectivity index is 2.11. The van der Waals surface area contributed by atoms with Gasteiger partial charge in [-0.25, -0.2) is 0 Å². The molecule has 4 N–H and O–H groups in total. The largest absolute Gasteiger partial charge is 0.396 e. The molecule has 2 rings (SSSR count). The van der Waals surface area contributed by atoms with Crippen LogP contribution in [0.25, 0.3) is 10.9 Å². The van der Waals surface area contributed by atoms with Crippen LogP contribution in [-0.2, 0) is 4.79 Å². The summed E-state index contributed by atoms with van der Waals surface area (Å²) in [5.41, 5.74) is 8.26. The maximum Gasteiger partial charge on any atom is 0.221 e. The normalized spacial score (nSPS) is 10.4. The quantitative estimate of drug-likeness (QED) is 0.763. The van der Waals surface area contributed by atoms with Gasteiger partial charge >= 0.3 is 0 Å². The maximum atomic E-state index is 11.4. The first-order chi connectivity index (χ1) is 9.22. The predicted octanol–water partition coefficient (Wildman–Crippen LogP) is 1.76. The fourth-order valence-electron chi connectivity index (χ4n) is 1.94. The summed E-state index contributed by atoms with van der Waals surface area (Å²) in [7, 11) is 0. The number of para-hydroxylation sites is 1. The standard InChI is InChI=1S/C14H18N4O/c1-2-16-13(19)7-8-17-14-10-5-3-4-6-12(10)18-9-11(14)15/h3-6,9H,2,7-8,15H2,1H3,(H,16,19)(H,17,18). The van der Waals surface area contributed by atoms with Crippen molar-refractivity contribution < 1.29 is 4.79 Å². The van der Waals surface area contributed by atoms with Crippen LogP contribution >= 0.6 is 0 Å². The molecule has 1 aromatic heterocycles. The molecular formula is C14H18N4O. The number of carbonyl (C=O) groups excluding carboxylic acids is 1. The minimum Gasteiger partial charge on any atom is -0.396 e. The van der Waals surface area contributed by atoms with E-state index in [0.29, 0.717) is 25.2 Å². The number of nitrogens with zero attached hydrogens (tertiary/aromatic N) is 1. The molecule has 5 nitrogen and oxygen atoms in total. The molecule has 0 aliphatic carbocycles. The molecule has 1 amide bonds. The number of hydrogen-bond acceptors (Lipinski definition) is 4. The van der Waals surface area contributed by atoms with Crippen molar-refractivity contribution in [3.05, 3.63) is 30.5 Å². The Morgan fingerprint density at radius 3 is 2.95 bits per heavy atom. The third-order valence-electron chi connectivity index (χ3n) is 2.83. The van der Waals surface area contributed by atoms with Crippen molar-refractivity contribution in [1.82, 2.24) is 10.3 Å². The van der Waals surface area contributed by atoms with Crippen LogP contribution in [0.15, 0.2) is 30.5 Å². The third-order valence-corrected chi connectivity index (χ3v) is 2.83. The fraction of sp³-hybridized carbons (Fsp3) is 0.286. The lowest BCUT2D eigenvalue weighted by Crippen LogP contribution is -2.24. The van der Waals surface area contributed by atoms with Gasteiger partial charge < -0.3 is 16.4 Å².